The zero-order valence-electron chi connectivity index (χ0n) is 6.23. The molecular weight excluding hydrogens is 98.1 g/mol. The highest BCUT2D eigenvalue weighted by atomic mass is 14.7. The summed E-state index contributed by atoms with van der Waals surface area (Å²) in [5.41, 5.74) is 0.354. The van der Waals surface area contributed by atoms with Gasteiger partial charge < -0.3 is 0 Å². The molecule has 0 atom stereocenters. The van der Waals surface area contributed by atoms with E-state index < -0.39 is 0 Å². The topological polar surface area (TPSA) is 12.4 Å². The van der Waals surface area contributed by atoms with Gasteiger partial charge in [-0.2, -0.15) is 0 Å². The van der Waals surface area contributed by atoms with Crippen molar-refractivity contribution in [2.24, 2.45) is 10.4 Å². The molecule has 0 amide bonds. The van der Waals surface area contributed by atoms with E-state index in [-0.39, 0.29) is 0 Å². The van der Waals surface area contributed by atoms with Gasteiger partial charge in [0, 0.05) is 6.54 Å². The fourth-order valence-corrected chi connectivity index (χ4v) is 0.365. The van der Waals surface area contributed by atoms with Crippen molar-refractivity contribution in [3.63, 3.8) is 0 Å². The lowest BCUT2D eigenvalue weighted by molar-refractivity contribution is 0.430. The van der Waals surface area contributed by atoms with Crippen molar-refractivity contribution in [2.75, 3.05) is 6.54 Å². The number of rotatable bonds is 1. The molecule has 0 aromatic carbocycles. The summed E-state index contributed by atoms with van der Waals surface area (Å²) in [6.07, 6.45) is 1.85. The Bertz CT molecular complexity index is 76.9. The van der Waals surface area contributed by atoms with Gasteiger partial charge in [0.1, 0.15) is 0 Å². The Labute approximate surface area is 51.8 Å². The minimum atomic E-state index is 0.354. The molecule has 0 aliphatic rings. The van der Waals surface area contributed by atoms with Crippen LogP contribution in [0.1, 0.15) is 27.7 Å². The van der Waals surface area contributed by atoms with Gasteiger partial charge in [-0.15, -0.1) is 0 Å². The normalized spacial score (nSPS) is 13.0. The third kappa shape index (κ3) is 5.67. The second kappa shape index (κ2) is 2.85. The summed E-state index contributed by atoms with van der Waals surface area (Å²) < 4.78 is 0. The van der Waals surface area contributed by atoms with Crippen molar-refractivity contribution in [1.82, 2.24) is 0 Å². The number of nitrogens with zero attached hydrogens (tertiary/aromatic N) is 1. The first kappa shape index (κ1) is 7.67. The molecule has 0 unspecified atom stereocenters. The fourth-order valence-electron chi connectivity index (χ4n) is 0.365. The van der Waals surface area contributed by atoms with E-state index in [1.54, 1.807) is 0 Å². The molecule has 1 heteroatoms. The Morgan fingerprint density at radius 1 is 1.38 bits per heavy atom. The van der Waals surface area contributed by atoms with Gasteiger partial charge in [0.2, 0.25) is 0 Å². The van der Waals surface area contributed by atoms with Gasteiger partial charge in [0.05, 0.1) is 0 Å². The van der Waals surface area contributed by atoms with E-state index in [1.807, 2.05) is 13.1 Å². The lowest BCUT2D eigenvalue weighted by Crippen LogP contribution is -2.08. The van der Waals surface area contributed by atoms with E-state index in [2.05, 4.69) is 25.8 Å². The lowest BCUT2D eigenvalue weighted by atomic mass is 9.97. The van der Waals surface area contributed by atoms with Crippen LogP contribution in [0.2, 0.25) is 0 Å². The Balaban J connectivity index is 3.39. The average Bonchev–Trinajstić information content (AvgIpc) is 1.59. The standard InChI is InChI=1S/C7H15N/c1-5-8-6-7(2,3)4/h5H,6H2,1-4H3/b8-5-. The van der Waals surface area contributed by atoms with E-state index in [9.17, 15) is 0 Å². The maximum Gasteiger partial charge on any atom is 0.0433 e. The predicted octanol–water partition coefficient (Wildman–Crippen LogP) is 2.12. The van der Waals surface area contributed by atoms with Crippen molar-refractivity contribution in [3.8, 4) is 0 Å². The molecule has 0 radical (unpaired) electrons. The van der Waals surface area contributed by atoms with Crippen LogP contribution in [0.4, 0.5) is 0 Å². The van der Waals surface area contributed by atoms with Crippen molar-refractivity contribution < 1.29 is 0 Å². The maximum atomic E-state index is 4.12. The van der Waals surface area contributed by atoms with Gasteiger partial charge >= 0.3 is 0 Å². The lowest BCUT2D eigenvalue weighted by Gasteiger charge is -2.13. The summed E-state index contributed by atoms with van der Waals surface area (Å²) in [5.74, 6) is 0. The number of aliphatic imine (C=N–C) groups is 1. The fraction of sp³-hybridized carbons (Fsp3) is 0.857. The van der Waals surface area contributed by atoms with Crippen LogP contribution in [0.5, 0.6) is 0 Å². The summed E-state index contributed by atoms with van der Waals surface area (Å²) in [4.78, 5) is 4.12. The minimum absolute atomic E-state index is 0.354. The van der Waals surface area contributed by atoms with Gasteiger partial charge in [0.25, 0.3) is 0 Å². The summed E-state index contributed by atoms with van der Waals surface area (Å²) >= 11 is 0. The molecule has 0 spiro atoms. The van der Waals surface area contributed by atoms with Crippen LogP contribution in [-0.2, 0) is 0 Å². The second-order valence-electron chi connectivity index (χ2n) is 3.16. The van der Waals surface area contributed by atoms with E-state index in [0.717, 1.165) is 6.54 Å². The molecule has 48 valence electrons. The van der Waals surface area contributed by atoms with Crippen LogP contribution in [0, 0.1) is 5.41 Å². The van der Waals surface area contributed by atoms with Crippen molar-refractivity contribution in [1.29, 1.82) is 0 Å². The molecule has 0 rings (SSSR count). The van der Waals surface area contributed by atoms with Gasteiger partial charge in [-0.25, -0.2) is 0 Å². The molecule has 0 aromatic heterocycles. The van der Waals surface area contributed by atoms with Crippen LogP contribution < -0.4 is 0 Å². The van der Waals surface area contributed by atoms with Gasteiger partial charge in [0.15, 0.2) is 0 Å². The van der Waals surface area contributed by atoms with Crippen LogP contribution in [0.15, 0.2) is 4.99 Å². The zero-order valence-corrected chi connectivity index (χ0v) is 6.23. The Hall–Kier alpha value is -0.330. The molecule has 0 aliphatic carbocycles. The molecule has 0 saturated heterocycles. The molecule has 0 saturated carbocycles. The van der Waals surface area contributed by atoms with Crippen molar-refractivity contribution in [2.45, 2.75) is 27.7 Å². The van der Waals surface area contributed by atoms with Crippen molar-refractivity contribution in [3.05, 3.63) is 0 Å². The van der Waals surface area contributed by atoms with E-state index in [1.165, 1.54) is 0 Å². The first-order valence-electron chi connectivity index (χ1n) is 3.01. The molecule has 0 heterocycles. The predicted molar refractivity (Wildman–Crippen MR) is 38.5 cm³/mol. The average molecular weight is 113 g/mol. The molecule has 1 nitrogen and oxygen atoms in total. The highest BCUT2D eigenvalue weighted by molar-refractivity contribution is 5.53. The molecule has 0 aromatic rings. The van der Waals surface area contributed by atoms with Crippen LogP contribution in [0.3, 0.4) is 0 Å². The maximum absolute atomic E-state index is 4.12. The number of hydrogen-bond acceptors (Lipinski definition) is 1. The summed E-state index contributed by atoms with van der Waals surface area (Å²) in [7, 11) is 0. The Kier molecular flexibility index (Phi) is 2.74. The van der Waals surface area contributed by atoms with Gasteiger partial charge in [-0.05, 0) is 18.6 Å². The van der Waals surface area contributed by atoms with Crippen LogP contribution in [-0.4, -0.2) is 12.8 Å². The molecule has 0 bridgehead atoms. The van der Waals surface area contributed by atoms with Crippen molar-refractivity contribution >= 4 is 6.21 Å². The molecule has 8 heavy (non-hydrogen) atoms. The third-order valence-electron chi connectivity index (χ3n) is 0.748. The molecule has 0 aliphatic heterocycles. The third-order valence-corrected chi connectivity index (χ3v) is 0.748. The largest absolute Gasteiger partial charge is 0.297 e. The summed E-state index contributed by atoms with van der Waals surface area (Å²) in [5, 5.41) is 0. The smallest absolute Gasteiger partial charge is 0.0433 e. The summed E-state index contributed by atoms with van der Waals surface area (Å²) in [6, 6.07) is 0. The zero-order chi connectivity index (χ0) is 6.62. The Morgan fingerprint density at radius 3 is 2.00 bits per heavy atom. The van der Waals surface area contributed by atoms with E-state index in [4.69, 9.17) is 0 Å². The minimum Gasteiger partial charge on any atom is -0.297 e. The monoisotopic (exact) mass is 113 g/mol. The highest BCUT2D eigenvalue weighted by Gasteiger charge is 2.06. The first-order chi connectivity index (χ1) is 3.56. The van der Waals surface area contributed by atoms with E-state index >= 15 is 0 Å². The highest BCUT2D eigenvalue weighted by Crippen LogP contribution is 2.11. The quantitative estimate of drug-likeness (QED) is 0.462. The summed E-state index contributed by atoms with van der Waals surface area (Å²) in [6.45, 7) is 9.43. The second-order valence-corrected chi connectivity index (χ2v) is 3.16. The Morgan fingerprint density at radius 2 is 1.88 bits per heavy atom. The molecule has 0 fully saturated rings. The molecular formula is C7H15N. The van der Waals surface area contributed by atoms with E-state index in [0.29, 0.717) is 5.41 Å². The molecule has 0 N–H and O–H groups in total. The SMILES string of the molecule is C/C=N\CC(C)(C)C. The number of hydrogen-bond donors (Lipinski definition) is 0. The first-order valence-corrected chi connectivity index (χ1v) is 3.01. The van der Waals surface area contributed by atoms with Crippen LogP contribution in [0.25, 0.3) is 0 Å². The van der Waals surface area contributed by atoms with Crippen LogP contribution >= 0.6 is 0 Å². The van der Waals surface area contributed by atoms with Gasteiger partial charge in [-0.3, -0.25) is 4.99 Å². The van der Waals surface area contributed by atoms with Gasteiger partial charge in [-0.1, -0.05) is 20.8 Å².